The van der Waals surface area contributed by atoms with Gasteiger partial charge in [0, 0.05) is 13.1 Å². The van der Waals surface area contributed by atoms with E-state index in [0.29, 0.717) is 40.5 Å². The molecule has 0 aliphatic carbocycles. The molecule has 1 atom stereocenters. The van der Waals surface area contributed by atoms with E-state index in [1.54, 1.807) is 18.2 Å². The van der Waals surface area contributed by atoms with Crippen molar-refractivity contribution >= 4 is 23.2 Å². The van der Waals surface area contributed by atoms with Gasteiger partial charge in [-0.1, -0.05) is 34.4 Å². The Morgan fingerprint density at radius 3 is 2.74 bits per heavy atom. The van der Waals surface area contributed by atoms with Crippen LogP contribution in [0.5, 0.6) is 0 Å². The molecule has 2 aromatic rings. The molecule has 19 heavy (non-hydrogen) atoms. The molecule has 1 unspecified atom stereocenters. The van der Waals surface area contributed by atoms with E-state index in [-0.39, 0.29) is 6.10 Å². The second kappa shape index (κ2) is 5.46. The molecule has 1 aromatic carbocycles. The molecule has 1 saturated heterocycles. The molecule has 1 aliphatic rings. The van der Waals surface area contributed by atoms with Crippen molar-refractivity contribution in [3.05, 3.63) is 34.1 Å². The van der Waals surface area contributed by atoms with Crippen LogP contribution >= 0.6 is 23.2 Å². The van der Waals surface area contributed by atoms with Crippen molar-refractivity contribution in [2.45, 2.75) is 6.10 Å². The van der Waals surface area contributed by atoms with Gasteiger partial charge in [0.2, 0.25) is 5.82 Å². The number of morpholine rings is 1. The highest BCUT2D eigenvalue weighted by atomic mass is 35.5. The fourth-order valence-electron chi connectivity index (χ4n) is 1.90. The van der Waals surface area contributed by atoms with Crippen LogP contribution in [0.4, 0.5) is 0 Å². The third-order valence-electron chi connectivity index (χ3n) is 2.83. The van der Waals surface area contributed by atoms with Crippen LogP contribution in [-0.2, 0) is 4.74 Å². The predicted octanol–water partition coefficient (Wildman–Crippen LogP) is 2.70. The molecule has 1 aliphatic heterocycles. The smallest absolute Gasteiger partial charge is 0.261 e. The minimum Gasteiger partial charge on any atom is -0.367 e. The molecule has 0 amide bonds. The summed E-state index contributed by atoms with van der Waals surface area (Å²) in [6.07, 6.45) is -0.201. The first-order chi connectivity index (χ1) is 9.25. The number of nitrogens with zero attached hydrogens (tertiary/aromatic N) is 2. The Balaban J connectivity index is 1.92. The molecular formula is C12H11Cl2N3O2. The monoisotopic (exact) mass is 299 g/mol. The van der Waals surface area contributed by atoms with Gasteiger partial charge in [-0.25, -0.2) is 0 Å². The number of hydrogen-bond acceptors (Lipinski definition) is 5. The lowest BCUT2D eigenvalue weighted by Gasteiger charge is -2.20. The number of halogens is 2. The molecule has 100 valence electrons. The number of rotatable bonds is 2. The van der Waals surface area contributed by atoms with Crippen LogP contribution in [0, 0.1) is 0 Å². The number of benzene rings is 1. The summed E-state index contributed by atoms with van der Waals surface area (Å²) in [5.41, 5.74) is 0.549. The lowest BCUT2D eigenvalue weighted by molar-refractivity contribution is 0.0208. The number of aromatic nitrogens is 2. The van der Waals surface area contributed by atoms with Crippen molar-refractivity contribution in [2.24, 2.45) is 0 Å². The normalized spacial score (nSPS) is 19.6. The van der Waals surface area contributed by atoms with Crippen LogP contribution in [0.25, 0.3) is 11.5 Å². The average molecular weight is 300 g/mol. The van der Waals surface area contributed by atoms with Crippen LogP contribution in [0.3, 0.4) is 0 Å². The topological polar surface area (TPSA) is 60.2 Å². The number of hydrogen-bond donors (Lipinski definition) is 1. The van der Waals surface area contributed by atoms with Gasteiger partial charge in [-0.3, -0.25) is 0 Å². The zero-order valence-corrected chi connectivity index (χ0v) is 11.4. The minimum absolute atomic E-state index is 0.201. The summed E-state index contributed by atoms with van der Waals surface area (Å²) in [7, 11) is 0. The zero-order valence-electron chi connectivity index (χ0n) is 9.90. The van der Waals surface area contributed by atoms with Gasteiger partial charge in [-0.2, -0.15) is 4.98 Å². The SMILES string of the molecule is Clc1cccc(Cl)c1-c1nc(C2CNCCO2)no1. The largest absolute Gasteiger partial charge is 0.367 e. The van der Waals surface area contributed by atoms with Gasteiger partial charge in [0.05, 0.1) is 22.2 Å². The van der Waals surface area contributed by atoms with Gasteiger partial charge in [0.1, 0.15) is 6.10 Å². The summed E-state index contributed by atoms with van der Waals surface area (Å²) >= 11 is 12.2. The van der Waals surface area contributed by atoms with Crippen molar-refractivity contribution in [2.75, 3.05) is 19.7 Å². The molecule has 2 heterocycles. The third-order valence-corrected chi connectivity index (χ3v) is 3.46. The highest BCUT2D eigenvalue weighted by Crippen LogP contribution is 2.34. The fourth-order valence-corrected chi connectivity index (χ4v) is 2.46. The van der Waals surface area contributed by atoms with E-state index in [1.807, 2.05) is 0 Å². The highest BCUT2D eigenvalue weighted by Gasteiger charge is 2.23. The summed E-state index contributed by atoms with van der Waals surface area (Å²) in [5.74, 6) is 0.804. The molecule has 1 fully saturated rings. The maximum Gasteiger partial charge on any atom is 0.261 e. The Bertz CT molecular complexity index is 562. The minimum atomic E-state index is -0.201. The van der Waals surface area contributed by atoms with Crippen molar-refractivity contribution in [1.29, 1.82) is 0 Å². The standard InChI is InChI=1S/C12H11Cl2N3O2/c13-7-2-1-3-8(14)10(7)12-16-11(17-19-12)9-6-15-4-5-18-9/h1-3,9,15H,4-6H2. The maximum atomic E-state index is 6.10. The van der Waals surface area contributed by atoms with Crippen molar-refractivity contribution < 1.29 is 9.26 Å². The number of ether oxygens (including phenoxy) is 1. The first-order valence-corrected chi connectivity index (χ1v) is 6.61. The van der Waals surface area contributed by atoms with Crippen molar-refractivity contribution in [3.63, 3.8) is 0 Å². The van der Waals surface area contributed by atoms with Crippen LogP contribution in [0.15, 0.2) is 22.7 Å². The van der Waals surface area contributed by atoms with Gasteiger partial charge >= 0.3 is 0 Å². The van der Waals surface area contributed by atoms with Crippen molar-refractivity contribution in [3.8, 4) is 11.5 Å². The fraction of sp³-hybridized carbons (Fsp3) is 0.333. The van der Waals surface area contributed by atoms with Gasteiger partial charge in [-0.05, 0) is 12.1 Å². The summed E-state index contributed by atoms with van der Waals surface area (Å²) in [5, 5.41) is 8.09. The first kappa shape index (κ1) is 12.9. The number of nitrogens with one attached hydrogen (secondary N) is 1. The molecule has 1 aromatic heterocycles. The van der Waals surface area contributed by atoms with E-state index in [0.717, 1.165) is 6.54 Å². The molecule has 0 saturated carbocycles. The Morgan fingerprint density at radius 1 is 1.26 bits per heavy atom. The summed E-state index contributed by atoms with van der Waals surface area (Å²) in [6.45, 7) is 2.12. The predicted molar refractivity (Wildman–Crippen MR) is 71.3 cm³/mol. The first-order valence-electron chi connectivity index (χ1n) is 5.86. The molecule has 0 spiro atoms. The maximum absolute atomic E-state index is 6.10. The van der Waals surface area contributed by atoms with Crippen LogP contribution < -0.4 is 5.32 Å². The molecule has 0 radical (unpaired) electrons. The Kier molecular flexibility index (Phi) is 3.70. The van der Waals surface area contributed by atoms with Crippen molar-refractivity contribution in [1.82, 2.24) is 15.5 Å². The molecule has 0 bridgehead atoms. The lowest BCUT2D eigenvalue weighted by atomic mass is 10.2. The molecule has 1 N–H and O–H groups in total. The quantitative estimate of drug-likeness (QED) is 0.924. The highest BCUT2D eigenvalue weighted by molar-refractivity contribution is 6.38. The van der Waals surface area contributed by atoms with E-state index in [2.05, 4.69) is 15.5 Å². The van der Waals surface area contributed by atoms with Gasteiger partial charge in [-0.15, -0.1) is 0 Å². The second-order valence-corrected chi connectivity index (χ2v) is 4.93. The van der Waals surface area contributed by atoms with E-state index in [9.17, 15) is 0 Å². The van der Waals surface area contributed by atoms with E-state index in [4.69, 9.17) is 32.5 Å². The Hall–Kier alpha value is -1.14. The lowest BCUT2D eigenvalue weighted by Crippen LogP contribution is -2.33. The van der Waals surface area contributed by atoms with E-state index >= 15 is 0 Å². The summed E-state index contributed by atoms with van der Waals surface area (Å²) < 4.78 is 10.8. The Morgan fingerprint density at radius 2 is 2.05 bits per heavy atom. The second-order valence-electron chi connectivity index (χ2n) is 4.12. The van der Waals surface area contributed by atoms with Crippen LogP contribution in [0.2, 0.25) is 10.0 Å². The van der Waals surface area contributed by atoms with E-state index in [1.165, 1.54) is 0 Å². The van der Waals surface area contributed by atoms with E-state index < -0.39 is 0 Å². The molecule has 7 heteroatoms. The average Bonchev–Trinajstić information content (AvgIpc) is 2.89. The molecule has 3 rings (SSSR count). The van der Waals surface area contributed by atoms with Gasteiger partial charge in [0.25, 0.3) is 5.89 Å². The Labute approximate surface area is 119 Å². The molecule has 5 nitrogen and oxygen atoms in total. The summed E-state index contributed by atoms with van der Waals surface area (Å²) in [4.78, 5) is 4.31. The zero-order chi connectivity index (χ0) is 13.2. The van der Waals surface area contributed by atoms with Gasteiger partial charge in [0.15, 0.2) is 0 Å². The van der Waals surface area contributed by atoms with Crippen LogP contribution in [-0.4, -0.2) is 29.8 Å². The summed E-state index contributed by atoms with van der Waals surface area (Å²) in [6, 6.07) is 5.22. The molecular weight excluding hydrogens is 289 g/mol. The third kappa shape index (κ3) is 2.60. The van der Waals surface area contributed by atoms with Crippen LogP contribution in [0.1, 0.15) is 11.9 Å². The van der Waals surface area contributed by atoms with Gasteiger partial charge < -0.3 is 14.6 Å².